The molecule has 1 aliphatic rings. The van der Waals surface area contributed by atoms with Crippen molar-refractivity contribution in [3.8, 4) is 23.0 Å². The largest absolute Gasteiger partial charge is 0.508 e. The van der Waals surface area contributed by atoms with Crippen LogP contribution in [0.1, 0.15) is 34.0 Å². The molecule has 0 fully saturated rings. The second-order valence-electron chi connectivity index (χ2n) is 5.42. The summed E-state index contributed by atoms with van der Waals surface area (Å²) in [5.41, 5.74) is 0.987. The molecule has 0 saturated carbocycles. The number of benzene rings is 2. The molecule has 1 atom stereocenters. The fraction of sp³-hybridized carbons (Fsp3) is 0.167. The summed E-state index contributed by atoms with van der Waals surface area (Å²) < 4.78 is 5.76. The lowest BCUT2D eigenvalue weighted by atomic mass is 9.93. The lowest BCUT2D eigenvalue weighted by Gasteiger charge is -2.27. The Morgan fingerprint density at radius 1 is 1.26 bits per heavy atom. The van der Waals surface area contributed by atoms with Gasteiger partial charge in [0.25, 0.3) is 0 Å². The van der Waals surface area contributed by atoms with Crippen LogP contribution in [0, 0.1) is 0 Å². The molecule has 2 aromatic rings. The third-order valence-corrected chi connectivity index (χ3v) is 3.86. The summed E-state index contributed by atoms with van der Waals surface area (Å²) in [5.74, 6) is -0.471. The van der Waals surface area contributed by atoms with Gasteiger partial charge in [-0.3, -0.25) is 4.79 Å². The van der Waals surface area contributed by atoms with Gasteiger partial charge in [-0.25, -0.2) is 0 Å². The summed E-state index contributed by atoms with van der Waals surface area (Å²) in [6.45, 7) is 3.57. The number of hydrogen-bond donors (Lipinski definition) is 3. The summed E-state index contributed by atoms with van der Waals surface area (Å²) in [7, 11) is 0. The Labute approximate surface area is 133 Å². The van der Waals surface area contributed by atoms with Gasteiger partial charge in [0.05, 0.1) is 6.42 Å². The summed E-state index contributed by atoms with van der Waals surface area (Å²) in [6.07, 6.45) is 1.24. The standard InChI is InChI=1S/C18H16O5/c1-2-4-12-13(20)8-16-17(18(12)22)14(21)9-15(23-16)10-5-3-6-11(19)7-10/h2-3,5-8,15,19-20,22H,1,4,9H2. The molecule has 0 radical (unpaired) electrons. The fourth-order valence-electron chi connectivity index (χ4n) is 2.76. The van der Waals surface area contributed by atoms with E-state index in [1.165, 1.54) is 24.3 Å². The first-order valence-corrected chi connectivity index (χ1v) is 7.18. The minimum Gasteiger partial charge on any atom is -0.508 e. The SMILES string of the molecule is C=CCc1c(O)cc2c(c1O)C(=O)CC(c1cccc(O)c1)O2. The van der Waals surface area contributed by atoms with Crippen molar-refractivity contribution >= 4 is 5.78 Å². The maximum atomic E-state index is 12.4. The number of carbonyl (C=O) groups is 1. The van der Waals surface area contributed by atoms with Crippen LogP contribution < -0.4 is 4.74 Å². The van der Waals surface area contributed by atoms with Gasteiger partial charge in [0.15, 0.2) is 5.78 Å². The molecular formula is C18H16O5. The van der Waals surface area contributed by atoms with Crippen LogP contribution in [0.4, 0.5) is 0 Å². The maximum Gasteiger partial charge on any atom is 0.174 e. The first-order chi connectivity index (χ1) is 11.0. The molecule has 5 heteroatoms. The van der Waals surface area contributed by atoms with Crippen molar-refractivity contribution in [1.82, 2.24) is 0 Å². The van der Waals surface area contributed by atoms with E-state index in [1.807, 2.05) is 0 Å². The van der Waals surface area contributed by atoms with Crippen LogP contribution >= 0.6 is 0 Å². The van der Waals surface area contributed by atoms with Gasteiger partial charge in [0, 0.05) is 11.6 Å². The molecule has 0 aliphatic carbocycles. The summed E-state index contributed by atoms with van der Waals surface area (Å²) in [4.78, 5) is 12.4. The number of ketones is 1. The van der Waals surface area contributed by atoms with Crippen molar-refractivity contribution < 1.29 is 24.9 Å². The van der Waals surface area contributed by atoms with Gasteiger partial charge in [-0.1, -0.05) is 18.2 Å². The third-order valence-electron chi connectivity index (χ3n) is 3.86. The van der Waals surface area contributed by atoms with Crippen LogP contribution in [0.3, 0.4) is 0 Å². The molecule has 118 valence electrons. The van der Waals surface area contributed by atoms with Crippen LogP contribution in [0.2, 0.25) is 0 Å². The molecule has 0 spiro atoms. The highest BCUT2D eigenvalue weighted by Gasteiger charge is 2.32. The highest BCUT2D eigenvalue weighted by atomic mass is 16.5. The van der Waals surface area contributed by atoms with E-state index in [9.17, 15) is 20.1 Å². The van der Waals surface area contributed by atoms with Crippen molar-refractivity contribution in [3.63, 3.8) is 0 Å². The van der Waals surface area contributed by atoms with E-state index >= 15 is 0 Å². The average Bonchev–Trinajstić information content (AvgIpc) is 2.50. The maximum absolute atomic E-state index is 12.4. The third kappa shape index (κ3) is 2.61. The number of phenols is 3. The number of ether oxygens (including phenoxy) is 1. The molecule has 23 heavy (non-hydrogen) atoms. The van der Waals surface area contributed by atoms with Gasteiger partial charge in [-0.15, -0.1) is 6.58 Å². The summed E-state index contributed by atoms with van der Waals surface area (Å²) >= 11 is 0. The Hall–Kier alpha value is -2.95. The zero-order chi connectivity index (χ0) is 16.6. The van der Waals surface area contributed by atoms with E-state index in [4.69, 9.17) is 4.74 Å². The van der Waals surface area contributed by atoms with Crippen molar-refractivity contribution in [2.75, 3.05) is 0 Å². The van der Waals surface area contributed by atoms with Crippen molar-refractivity contribution in [1.29, 1.82) is 0 Å². The van der Waals surface area contributed by atoms with Crippen molar-refractivity contribution in [2.24, 2.45) is 0 Å². The normalized spacial score (nSPS) is 16.5. The topological polar surface area (TPSA) is 87.0 Å². The first-order valence-electron chi connectivity index (χ1n) is 7.18. The fourth-order valence-corrected chi connectivity index (χ4v) is 2.76. The molecule has 1 aliphatic heterocycles. The zero-order valence-corrected chi connectivity index (χ0v) is 12.3. The molecule has 5 nitrogen and oxygen atoms in total. The average molecular weight is 312 g/mol. The monoisotopic (exact) mass is 312 g/mol. The van der Waals surface area contributed by atoms with E-state index < -0.39 is 6.10 Å². The number of carbonyl (C=O) groups excluding carboxylic acids is 1. The Bertz CT molecular complexity index is 794. The molecule has 0 aromatic heterocycles. The van der Waals surface area contributed by atoms with Gasteiger partial charge in [0.1, 0.15) is 34.7 Å². The van der Waals surface area contributed by atoms with Crippen LogP contribution in [0.5, 0.6) is 23.0 Å². The molecule has 0 amide bonds. The minimum absolute atomic E-state index is 0.0440. The van der Waals surface area contributed by atoms with E-state index in [0.717, 1.165) is 0 Å². The minimum atomic E-state index is -0.578. The number of aromatic hydroxyl groups is 3. The van der Waals surface area contributed by atoms with Crippen LogP contribution in [0.15, 0.2) is 43.0 Å². The molecule has 0 saturated heterocycles. The molecule has 0 bridgehead atoms. The number of allylic oxidation sites excluding steroid dienone is 1. The van der Waals surface area contributed by atoms with Crippen molar-refractivity contribution in [2.45, 2.75) is 18.9 Å². The van der Waals surface area contributed by atoms with Crippen LogP contribution in [-0.4, -0.2) is 21.1 Å². The highest BCUT2D eigenvalue weighted by molar-refractivity contribution is 6.03. The van der Waals surface area contributed by atoms with E-state index in [1.54, 1.807) is 12.1 Å². The Morgan fingerprint density at radius 2 is 2.04 bits per heavy atom. The molecule has 3 rings (SSSR count). The zero-order valence-electron chi connectivity index (χ0n) is 12.3. The Balaban J connectivity index is 2.04. The molecule has 1 heterocycles. The van der Waals surface area contributed by atoms with Crippen molar-refractivity contribution in [3.05, 3.63) is 59.7 Å². The van der Waals surface area contributed by atoms with E-state index in [-0.39, 0.29) is 52.7 Å². The quantitative estimate of drug-likeness (QED) is 0.757. The highest BCUT2D eigenvalue weighted by Crippen LogP contribution is 2.44. The Kier molecular flexibility index (Phi) is 3.70. The van der Waals surface area contributed by atoms with Crippen LogP contribution in [-0.2, 0) is 6.42 Å². The predicted molar refractivity (Wildman–Crippen MR) is 84.1 cm³/mol. The second kappa shape index (κ2) is 5.68. The van der Waals surface area contributed by atoms with Gasteiger partial charge in [-0.2, -0.15) is 0 Å². The van der Waals surface area contributed by atoms with E-state index in [2.05, 4.69) is 6.58 Å². The van der Waals surface area contributed by atoms with Gasteiger partial charge in [0.2, 0.25) is 0 Å². The number of Topliss-reactive ketones (excluding diaryl/α,β-unsaturated/α-hetero) is 1. The summed E-state index contributed by atoms with van der Waals surface area (Å²) in [6, 6.07) is 7.79. The lowest BCUT2D eigenvalue weighted by molar-refractivity contribution is 0.0844. The smallest absolute Gasteiger partial charge is 0.174 e. The van der Waals surface area contributed by atoms with Gasteiger partial charge >= 0.3 is 0 Å². The predicted octanol–water partition coefficient (Wildman–Crippen LogP) is 3.24. The summed E-state index contributed by atoms with van der Waals surface area (Å²) in [5, 5.41) is 29.9. The van der Waals surface area contributed by atoms with Crippen LogP contribution in [0.25, 0.3) is 0 Å². The second-order valence-corrected chi connectivity index (χ2v) is 5.42. The number of rotatable bonds is 3. The lowest BCUT2D eigenvalue weighted by Crippen LogP contribution is -2.20. The number of hydrogen-bond acceptors (Lipinski definition) is 5. The molecular weight excluding hydrogens is 296 g/mol. The molecule has 1 unspecified atom stereocenters. The number of phenolic OH excluding ortho intramolecular Hbond substituents is 3. The van der Waals surface area contributed by atoms with E-state index in [0.29, 0.717) is 5.56 Å². The number of fused-ring (bicyclic) bond motifs is 1. The molecule has 2 aromatic carbocycles. The molecule has 3 N–H and O–H groups in total. The first kappa shape index (κ1) is 15.0. The Morgan fingerprint density at radius 3 is 2.74 bits per heavy atom. The van der Waals surface area contributed by atoms with Gasteiger partial charge < -0.3 is 20.1 Å². The van der Waals surface area contributed by atoms with Gasteiger partial charge in [-0.05, 0) is 24.1 Å².